The van der Waals surface area contributed by atoms with E-state index in [0.29, 0.717) is 6.54 Å². The third kappa shape index (κ3) is 2.45. The molecule has 6 nitrogen and oxygen atoms in total. The summed E-state index contributed by atoms with van der Waals surface area (Å²) in [5, 5.41) is 0.937. The largest absolute Gasteiger partial charge is 0.497 e. The van der Waals surface area contributed by atoms with Crippen molar-refractivity contribution >= 4 is 22.5 Å². The van der Waals surface area contributed by atoms with E-state index in [0.717, 1.165) is 35.1 Å². The molecule has 4 aliphatic rings. The van der Waals surface area contributed by atoms with Crippen molar-refractivity contribution in [1.29, 1.82) is 0 Å². The summed E-state index contributed by atoms with van der Waals surface area (Å²) in [7, 11) is 1.64. The lowest BCUT2D eigenvalue weighted by atomic mass is 9.71. The Morgan fingerprint density at radius 2 is 2.10 bits per heavy atom. The number of aromatic nitrogens is 1. The predicted octanol–water partition coefficient (Wildman–Crippen LogP) is 3.29. The summed E-state index contributed by atoms with van der Waals surface area (Å²) in [6.07, 6.45) is 2.95. The lowest BCUT2D eigenvalue weighted by molar-refractivity contribution is -0.188. The predicted molar refractivity (Wildman–Crippen MR) is 108 cm³/mol. The number of benzene rings is 1. The molecule has 0 N–H and O–H groups in total. The van der Waals surface area contributed by atoms with Crippen molar-refractivity contribution in [3.05, 3.63) is 36.0 Å². The number of pyridine rings is 1. The molecule has 5 atom stereocenters. The van der Waals surface area contributed by atoms with Gasteiger partial charge in [0, 0.05) is 35.5 Å². The Balaban J connectivity index is 1.67. The summed E-state index contributed by atoms with van der Waals surface area (Å²) >= 11 is 0. The molecule has 1 aromatic carbocycles. The van der Waals surface area contributed by atoms with Crippen LogP contribution < -0.4 is 4.74 Å². The Kier molecular flexibility index (Phi) is 3.93. The van der Waals surface area contributed by atoms with Crippen molar-refractivity contribution in [2.24, 2.45) is 11.3 Å². The molecule has 0 saturated carbocycles. The van der Waals surface area contributed by atoms with Gasteiger partial charge in [-0.2, -0.15) is 0 Å². The van der Waals surface area contributed by atoms with Gasteiger partial charge in [-0.1, -0.05) is 20.8 Å². The van der Waals surface area contributed by atoms with Crippen LogP contribution in [0.1, 0.15) is 45.3 Å². The Morgan fingerprint density at radius 3 is 2.83 bits per heavy atom. The van der Waals surface area contributed by atoms with Crippen molar-refractivity contribution in [1.82, 2.24) is 9.88 Å². The van der Waals surface area contributed by atoms with Crippen LogP contribution in [0.5, 0.6) is 5.75 Å². The summed E-state index contributed by atoms with van der Waals surface area (Å²) in [4.78, 5) is 33.4. The first-order chi connectivity index (χ1) is 13.8. The highest BCUT2D eigenvalue weighted by Crippen LogP contribution is 2.55. The monoisotopic (exact) mass is 394 g/mol. The van der Waals surface area contributed by atoms with E-state index >= 15 is 0 Å². The molecular weight excluding hydrogens is 368 g/mol. The Morgan fingerprint density at radius 1 is 1.31 bits per heavy atom. The van der Waals surface area contributed by atoms with Gasteiger partial charge in [-0.3, -0.25) is 19.5 Å². The van der Waals surface area contributed by atoms with Gasteiger partial charge in [-0.15, -0.1) is 0 Å². The van der Waals surface area contributed by atoms with Gasteiger partial charge >= 0.3 is 0 Å². The molecule has 6 rings (SSSR count). The summed E-state index contributed by atoms with van der Waals surface area (Å²) in [5.41, 5.74) is -0.321. The van der Waals surface area contributed by atoms with E-state index in [-0.39, 0.29) is 29.6 Å². The van der Waals surface area contributed by atoms with Crippen LogP contribution in [0.15, 0.2) is 30.5 Å². The van der Waals surface area contributed by atoms with E-state index in [9.17, 15) is 9.59 Å². The van der Waals surface area contributed by atoms with Crippen LogP contribution in [0.4, 0.5) is 0 Å². The first-order valence-electron chi connectivity index (χ1n) is 10.2. The number of fused-ring (bicyclic) bond motifs is 2. The SMILES string of the molecule is COc1ccc2nccc([C@@H]3O[C@@]4(C(=O)C(C)(C)C)C(=O)[C@H]5CCN4[C@@H]3C5)c2c1. The second-order valence-electron chi connectivity index (χ2n) is 9.39. The van der Waals surface area contributed by atoms with Crippen molar-refractivity contribution in [3.8, 4) is 5.75 Å². The topological polar surface area (TPSA) is 68.7 Å². The summed E-state index contributed by atoms with van der Waals surface area (Å²) in [6.45, 7) is 6.29. The van der Waals surface area contributed by atoms with Crippen LogP contribution in [-0.4, -0.2) is 46.9 Å². The molecule has 4 bridgehead atoms. The number of piperidine rings is 3. The Hall–Kier alpha value is -2.31. The maximum absolute atomic E-state index is 13.5. The van der Waals surface area contributed by atoms with Crippen molar-refractivity contribution in [2.45, 2.75) is 51.5 Å². The zero-order valence-corrected chi connectivity index (χ0v) is 17.3. The highest BCUT2D eigenvalue weighted by Gasteiger charge is 2.70. The molecular formula is C23H26N2O4. The molecule has 0 amide bonds. The first-order valence-corrected chi connectivity index (χ1v) is 10.2. The van der Waals surface area contributed by atoms with E-state index in [1.54, 1.807) is 13.3 Å². The number of carbonyl (C=O) groups excluding carboxylic acids is 2. The lowest BCUT2D eigenvalue weighted by Gasteiger charge is -2.49. The number of ketones is 2. The number of Topliss-reactive ketones (excluding diaryl/α,β-unsaturated/α-hetero) is 2. The van der Waals surface area contributed by atoms with Crippen LogP contribution in [0.2, 0.25) is 0 Å². The maximum Gasteiger partial charge on any atom is 0.243 e. The minimum atomic E-state index is -1.46. The first kappa shape index (κ1) is 18.7. The van der Waals surface area contributed by atoms with Crippen LogP contribution in [0.25, 0.3) is 10.9 Å². The quantitative estimate of drug-likeness (QED) is 0.744. The van der Waals surface area contributed by atoms with Crippen molar-refractivity contribution in [2.75, 3.05) is 13.7 Å². The molecule has 152 valence electrons. The van der Waals surface area contributed by atoms with Crippen LogP contribution >= 0.6 is 0 Å². The van der Waals surface area contributed by atoms with E-state index in [4.69, 9.17) is 9.47 Å². The molecule has 6 heteroatoms. The zero-order chi connectivity index (χ0) is 20.6. The van der Waals surface area contributed by atoms with Crippen molar-refractivity contribution in [3.63, 3.8) is 0 Å². The minimum Gasteiger partial charge on any atom is -0.497 e. The van der Waals surface area contributed by atoms with E-state index in [2.05, 4.69) is 4.98 Å². The average Bonchev–Trinajstić information content (AvgIpc) is 3.01. The van der Waals surface area contributed by atoms with Crippen LogP contribution in [-0.2, 0) is 14.3 Å². The fraction of sp³-hybridized carbons (Fsp3) is 0.522. The average molecular weight is 394 g/mol. The highest BCUT2D eigenvalue weighted by molar-refractivity contribution is 6.14. The smallest absolute Gasteiger partial charge is 0.243 e. The second kappa shape index (κ2) is 6.09. The molecule has 4 fully saturated rings. The molecule has 2 aromatic rings. The Bertz CT molecular complexity index is 1030. The van der Waals surface area contributed by atoms with Gasteiger partial charge in [-0.25, -0.2) is 0 Å². The fourth-order valence-corrected chi connectivity index (χ4v) is 5.32. The molecule has 4 saturated heterocycles. The summed E-state index contributed by atoms with van der Waals surface area (Å²) in [5.74, 6) is 0.441. The lowest BCUT2D eigenvalue weighted by Crippen LogP contribution is -2.69. The van der Waals surface area contributed by atoms with Gasteiger partial charge in [0.05, 0.1) is 12.6 Å². The molecule has 5 heterocycles. The Labute approximate surface area is 170 Å². The molecule has 0 spiro atoms. The number of rotatable bonds is 3. The summed E-state index contributed by atoms with van der Waals surface area (Å²) < 4.78 is 11.9. The van der Waals surface area contributed by atoms with Crippen LogP contribution in [0, 0.1) is 11.3 Å². The number of carbonyl (C=O) groups is 2. The standard InChI is InChI=1S/C23H26N2O4/c1-22(2,3)21(27)23-20(26)13-8-10-25(23)18(11-13)19(29-23)15-7-9-24-17-6-5-14(28-4)12-16(15)17/h5-7,9,12-13,18-19H,8,10-11H2,1-4H3/t13-,18+,19-,23+/m0/s1. The molecule has 29 heavy (non-hydrogen) atoms. The van der Waals surface area contributed by atoms with Gasteiger partial charge in [-0.05, 0) is 42.7 Å². The van der Waals surface area contributed by atoms with Gasteiger partial charge in [0.15, 0.2) is 11.6 Å². The number of ether oxygens (including phenoxy) is 2. The number of nitrogens with zero attached hydrogens (tertiary/aromatic N) is 2. The van der Waals surface area contributed by atoms with E-state index in [1.165, 1.54) is 0 Å². The number of methoxy groups -OCH3 is 1. The van der Waals surface area contributed by atoms with Gasteiger partial charge in [0.2, 0.25) is 5.72 Å². The fourth-order valence-electron chi connectivity index (χ4n) is 5.32. The minimum absolute atomic E-state index is 0.00884. The van der Waals surface area contributed by atoms with E-state index < -0.39 is 11.1 Å². The summed E-state index contributed by atoms with van der Waals surface area (Å²) in [6, 6.07) is 7.71. The van der Waals surface area contributed by atoms with Crippen molar-refractivity contribution < 1.29 is 19.1 Å². The van der Waals surface area contributed by atoms with E-state index in [1.807, 2.05) is 49.9 Å². The maximum atomic E-state index is 13.5. The third-order valence-corrected chi connectivity index (χ3v) is 6.68. The molecule has 1 unspecified atom stereocenters. The van der Waals surface area contributed by atoms with Crippen LogP contribution in [0.3, 0.4) is 0 Å². The number of hydrogen-bond acceptors (Lipinski definition) is 6. The van der Waals surface area contributed by atoms with Gasteiger partial charge in [0.1, 0.15) is 11.9 Å². The van der Waals surface area contributed by atoms with Gasteiger partial charge in [0.25, 0.3) is 0 Å². The highest BCUT2D eigenvalue weighted by atomic mass is 16.6. The molecule has 0 radical (unpaired) electrons. The number of hydrogen-bond donors (Lipinski definition) is 0. The normalized spacial score (nSPS) is 33.3. The molecule has 1 aromatic heterocycles. The second-order valence-corrected chi connectivity index (χ2v) is 9.39. The van der Waals surface area contributed by atoms with Gasteiger partial charge < -0.3 is 9.47 Å². The molecule has 4 aliphatic heterocycles. The zero-order valence-electron chi connectivity index (χ0n) is 17.3. The molecule has 0 aliphatic carbocycles. The third-order valence-electron chi connectivity index (χ3n) is 6.68.